The van der Waals surface area contributed by atoms with E-state index in [9.17, 15) is 0 Å². The smallest absolute Gasteiger partial charge is 0.153 e. The Balaban J connectivity index is 2.98. The van der Waals surface area contributed by atoms with E-state index >= 15 is 0 Å². The zero-order valence-electron chi connectivity index (χ0n) is 5.79. The molecular formula is C5H9BrN4O. The van der Waals surface area contributed by atoms with Crippen molar-refractivity contribution in [2.24, 2.45) is 0 Å². The highest BCUT2D eigenvalue weighted by atomic mass is 79.9. The van der Waals surface area contributed by atoms with Crippen LogP contribution in [0.1, 0.15) is 0 Å². The number of hydrogen-bond acceptors (Lipinski definition) is 4. The third kappa shape index (κ3) is 1.46. The Kier molecular flexibility index (Phi) is 2.35. The lowest BCUT2D eigenvalue weighted by atomic mass is 10.5. The van der Waals surface area contributed by atoms with E-state index in [1.54, 1.807) is 0 Å². The van der Waals surface area contributed by atoms with Gasteiger partial charge in [0.15, 0.2) is 4.60 Å². The Morgan fingerprint density at radius 2 is 2.18 bits per heavy atom. The Labute approximate surface area is 72.1 Å². The summed E-state index contributed by atoms with van der Waals surface area (Å²) in [6.07, 6.45) is 0. The summed E-state index contributed by atoms with van der Waals surface area (Å²) in [5, 5.41) is 12.5. The Morgan fingerprint density at radius 1 is 1.55 bits per heavy atom. The summed E-state index contributed by atoms with van der Waals surface area (Å²) in [6, 6.07) is 0. The summed E-state index contributed by atoms with van der Waals surface area (Å²) in [6.45, 7) is 0.361. The van der Waals surface area contributed by atoms with E-state index in [1.807, 2.05) is 0 Å². The van der Waals surface area contributed by atoms with Crippen molar-refractivity contribution in [2.75, 3.05) is 18.1 Å². The fourth-order valence-corrected chi connectivity index (χ4v) is 1.12. The van der Waals surface area contributed by atoms with Gasteiger partial charge in [0.2, 0.25) is 0 Å². The Bertz CT molecular complexity index is 259. The van der Waals surface area contributed by atoms with E-state index in [4.69, 9.17) is 16.6 Å². The van der Waals surface area contributed by atoms with Gasteiger partial charge in [0, 0.05) is 0 Å². The number of nitrogen functional groups attached to an aromatic ring is 2. The highest BCUT2D eigenvalue weighted by Crippen LogP contribution is 2.23. The van der Waals surface area contributed by atoms with Gasteiger partial charge in [0.25, 0.3) is 0 Å². The zero-order valence-corrected chi connectivity index (χ0v) is 7.37. The number of hydrogen-bond donors (Lipinski definition) is 3. The topological polar surface area (TPSA) is 90.1 Å². The molecule has 0 atom stereocenters. The summed E-state index contributed by atoms with van der Waals surface area (Å²) in [5.41, 5.74) is 11.4. The summed E-state index contributed by atoms with van der Waals surface area (Å²) in [4.78, 5) is 0. The highest BCUT2D eigenvalue weighted by molar-refractivity contribution is 9.10. The molecule has 1 rings (SSSR count). The molecule has 0 unspecified atom stereocenters. The van der Waals surface area contributed by atoms with Gasteiger partial charge in [-0.3, -0.25) is 0 Å². The third-order valence-electron chi connectivity index (χ3n) is 1.30. The molecule has 0 spiro atoms. The lowest BCUT2D eigenvalue weighted by Crippen LogP contribution is -2.08. The minimum absolute atomic E-state index is 0.00222. The SMILES string of the molecule is Nc1c(Br)nn(CCO)c1N. The van der Waals surface area contributed by atoms with E-state index in [-0.39, 0.29) is 6.61 Å². The first-order valence-corrected chi connectivity index (χ1v) is 3.84. The summed E-state index contributed by atoms with van der Waals surface area (Å²) < 4.78 is 1.96. The molecule has 5 nitrogen and oxygen atoms in total. The lowest BCUT2D eigenvalue weighted by Gasteiger charge is -1.98. The van der Waals surface area contributed by atoms with E-state index in [0.717, 1.165) is 0 Å². The highest BCUT2D eigenvalue weighted by Gasteiger charge is 2.08. The van der Waals surface area contributed by atoms with Crippen LogP contribution in [0.3, 0.4) is 0 Å². The molecule has 0 aromatic carbocycles. The number of aliphatic hydroxyl groups is 1. The van der Waals surface area contributed by atoms with Gasteiger partial charge in [-0.15, -0.1) is 0 Å². The first-order chi connectivity index (χ1) is 5.16. The first kappa shape index (κ1) is 8.35. The van der Waals surface area contributed by atoms with Gasteiger partial charge in [-0.05, 0) is 15.9 Å². The number of halogens is 1. The van der Waals surface area contributed by atoms with Crippen LogP contribution in [0.2, 0.25) is 0 Å². The molecule has 0 amide bonds. The molecule has 1 aromatic heterocycles. The average molecular weight is 221 g/mol. The maximum absolute atomic E-state index is 8.57. The molecule has 6 heteroatoms. The van der Waals surface area contributed by atoms with Crippen LogP contribution in [0.4, 0.5) is 11.5 Å². The maximum atomic E-state index is 8.57. The van der Waals surface area contributed by atoms with Crippen LogP contribution in [-0.4, -0.2) is 21.5 Å². The van der Waals surface area contributed by atoms with Gasteiger partial charge >= 0.3 is 0 Å². The molecule has 0 aliphatic carbocycles. The molecule has 5 N–H and O–H groups in total. The monoisotopic (exact) mass is 220 g/mol. The molecule has 0 bridgehead atoms. The number of aliphatic hydroxyl groups excluding tert-OH is 1. The van der Waals surface area contributed by atoms with Gasteiger partial charge in [-0.2, -0.15) is 5.10 Å². The predicted molar refractivity (Wildman–Crippen MR) is 45.8 cm³/mol. The van der Waals surface area contributed by atoms with E-state index in [2.05, 4.69) is 21.0 Å². The second kappa shape index (κ2) is 3.10. The van der Waals surface area contributed by atoms with Gasteiger partial charge in [-0.1, -0.05) is 0 Å². The van der Waals surface area contributed by atoms with E-state index < -0.39 is 0 Å². The van der Waals surface area contributed by atoms with E-state index in [1.165, 1.54) is 4.68 Å². The average Bonchev–Trinajstić information content (AvgIpc) is 2.19. The van der Waals surface area contributed by atoms with Crippen molar-refractivity contribution in [3.63, 3.8) is 0 Å². The maximum Gasteiger partial charge on any atom is 0.153 e. The fraction of sp³-hybridized carbons (Fsp3) is 0.400. The van der Waals surface area contributed by atoms with Gasteiger partial charge in [0.1, 0.15) is 11.5 Å². The molecule has 0 aliphatic heterocycles. The van der Waals surface area contributed by atoms with Crippen molar-refractivity contribution in [2.45, 2.75) is 6.54 Å². The summed E-state index contributed by atoms with van der Waals surface area (Å²) >= 11 is 3.12. The van der Waals surface area contributed by atoms with Crippen LogP contribution < -0.4 is 11.5 Å². The molecule has 0 radical (unpaired) electrons. The van der Waals surface area contributed by atoms with Crippen molar-refractivity contribution in [1.29, 1.82) is 0 Å². The lowest BCUT2D eigenvalue weighted by molar-refractivity contribution is 0.270. The first-order valence-electron chi connectivity index (χ1n) is 3.05. The van der Waals surface area contributed by atoms with Crippen molar-refractivity contribution in [3.8, 4) is 0 Å². The minimum atomic E-state index is -0.00222. The molecule has 0 saturated carbocycles. The van der Waals surface area contributed by atoms with Crippen LogP contribution in [0.5, 0.6) is 0 Å². The number of rotatable bonds is 2. The van der Waals surface area contributed by atoms with Crippen LogP contribution in [0.15, 0.2) is 4.60 Å². The van der Waals surface area contributed by atoms with Crippen molar-refractivity contribution < 1.29 is 5.11 Å². The van der Waals surface area contributed by atoms with Crippen molar-refractivity contribution in [1.82, 2.24) is 9.78 Å². The van der Waals surface area contributed by atoms with Gasteiger partial charge in [-0.25, -0.2) is 4.68 Å². The van der Waals surface area contributed by atoms with Crippen LogP contribution in [0.25, 0.3) is 0 Å². The van der Waals surface area contributed by atoms with Crippen LogP contribution in [0, 0.1) is 0 Å². The standard InChI is InChI=1S/C5H9BrN4O/c6-4-3(7)5(8)10(9-4)1-2-11/h11H,1-2,7-8H2. The Hall–Kier alpha value is -0.750. The summed E-state index contributed by atoms with van der Waals surface area (Å²) in [7, 11) is 0. The number of aromatic nitrogens is 2. The molecule has 1 aromatic rings. The molecule has 1 heterocycles. The largest absolute Gasteiger partial charge is 0.394 e. The summed E-state index contributed by atoms with van der Waals surface area (Å²) in [5.74, 6) is 0.380. The molecule has 0 fully saturated rings. The normalized spacial score (nSPS) is 10.4. The second-order valence-corrected chi connectivity index (χ2v) is 2.79. The quantitative estimate of drug-likeness (QED) is 0.645. The molecule has 0 saturated heterocycles. The Morgan fingerprint density at radius 3 is 2.55 bits per heavy atom. The van der Waals surface area contributed by atoms with Gasteiger partial charge in [0.05, 0.1) is 13.2 Å². The second-order valence-electron chi connectivity index (χ2n) is 2.04. The predicted octanol–water partition coefficient (Wildman–Crippen LogP) is -0.198. The van der Waals surface area contributed by atoms with Crippen LogP contribution >= 0.6 is 15.9 Å². The van der Waals surface area contributed by atoms with Crippen LogP contribution in [-0.2, 0) is 6.54 Å². The third-order valence-corrected chi connectivity index (χ3v) is 1.88. The molecule has 11 heavy (non-hydrogen) atoms. The minimum Gasteiger partial charge on any atom is -0.394 e. The van der Waals surface area contributed by atoms with E-state index in [0.29, 0.717) is 22.7 Å². The van der Waals surface area contributed by atoms with Gasteiger partial charge < -0.3 is 16.6 Å². The van der Waals surface area contributed by atoms with Crippen molar-refractivity contribution in [3.05, 3.63) is 4.60 Å². The zero-order chi connectivity index (χ0) is 8.43. The van der Waals surface area contributed by atoms with Crippen molar-refractivity contribution >= 4 is 27.4 Å². The molecule has 0 aliphatic rings. The number of anilines is 2. The molecule has 62 valence electrons. The molecular weight excluding hydrogens is 212 g/mol. The fourth-order valence-electron chi connectivity index (χ4n) is 0.724. The number of nitrogens with two attached hydrogens (primary N) is 2. The number of nitrogens with zero attached hydrogens (tertiary/aromatic N) is 2.